The van der Waals surface area contributed by atoms with Crippen LogP contribution in [0.3, 0.4) is 0 Å². The molecule has 0 aliphatic rings. The van der Waals surface area contributed by atoms with E-state index in [0.29, 0.717) is 10.5 Å². The first kappa shape index (κ1) is 13.6. The van der Waals surface area contributed by atoms with Crippen LogP contribution in [0.4, 0.5) is 0 Å². The number of carboxylic acid groups (broad SMARTS) is 1. The number of carbonyl (C=O) groups is 1. The Hall–Kier alpha value is -2.33. The van der Waals surface area contributed by atoms with E-state index < -0.39 is 5.97 Å². The molecule has 1 unspecified atom stereocenters. The van der Waals surface area contributed by atoms with Gasteiger partial charge < -0.3 is 9.67 Å². The maximum Gasteiger partial charge on any atom is 0.337 e. The molecule has 3 rings (SSSR count). The van der Waals surface area contributed by atoms with E-state index in [4.69, 9.17) is 11.6 Å². The number of aromatic carboxylic acids is 1. The molecular formula is C16H13ClN2O2. The third kappa shape index (κ3) is 2.28. The third-order valence-corrected chi connectivity index (χ3v) is 3.95. The maximum absolute atomic E-state index is 11.2. The normalized spacial score (nSPS) is 12.5. The number of imidazole rings is 1. The van der Waals surface area contributed by atoms with E-state index >= 15 is 0 Å². The lowest BCUT2D eigenvalue weighted by molar-refractivity contribution is 0.0699. The van der Waals surface area contributed by atoms with Gasteiger partial charge in [0.25, 0.3) is 0 Å². The van der Waals surface area contributed by atoms with E-state index in [-0.39, 0.29) is 11.6 Å². The number of para-hydroxylation sites is 1. The second kappa shape index (κ2) is 5.22. The Morgan fingerprint density at radius 1 is 1.24 bits per heavy atom. The second-order valence-electron chi connectivity index (χ2n) is 4.83. The molecule has 0 saturated heterocycles. The number of benzene rings is 2. The number of fused-ring (bicyclic) bond motifs is 1. The lowest BCUT2D eigenvalue weighted by Gasteiger charge is -2.16. The summed E-state index contributed by atoms with van der Waals surface area (Å²) in [5.74, 6) is -0.976. The highest BCUT2D eigenvalue weighted by molar-refractivity contribution is 6.31. The Morgan fingerprint density at radius 3 is 2.71 bits per heavy atom. The van der Waals surface area contributed by atoms with Crippen molar-refractivity contribution in [2.24, 2.45) is 0 Å². The summed E-state index contributed by atoms with van der Waals surface area (Å²) in [6.45, 7) is 2.01. The summed E-state index contributed by atoms with van der Waals surface area (Å²) in [7, 11) is 0. The van der Waals surface area contributed by atoms with Gasteiger partial charge >= 0.3 is 5.97 Å². The molecule has 21 heavy (non-hydrogen) atoms. The SMILES string of the molecule is CC(c1ccccc1Cl)n1cnc2c(C(=O)O)cccc21. The van der Waals surface area contributed by atoms with Crippen molar-refractivity contribution in [2.75, 3.05) is 0 Å². The molecule has 0 aliphatic carbocycles. The molecule has 0 amide bonds. The monoisotopic (exact) mass is 300 g/mol. The smallest absolute Gasteiger partial charge is 0.337 e. The van der Waals surface area contributed by atoms with Gasteiger partial charge in [-0.2, -0.15) is 0 Å². The molecule has 0 spiro atoms. The molecule has 0 saturated carbocycles. The summed E-state index contributed by atoms with van der Waals surface area (Å²) in [6, 6.07) is 12.7. The van der Waals surface area contributed by atoms with E-state index in [1.165, 1.54) is 0 Å². The zero-order valence-electron chi connectivity index (χ0n) is 11.3. The van der Waals surface area contributed by atoms with E-state index in [2.05, 4.69) is 4.98 Å². The summed E-state index contributed by atoms with van der Waals surface area (Å²) in [5, 5.41) is 9.90. The Morgan fingerprint density at radius 2 is 2.00 bits per heavy atom. The Kier molecular flexibility index (Phi) is 3.39. The van der Waals surface area contributed by atoms with E-state index in [1.807, 2.05) is 41.8 Å². The average molecular weight is 301 g/mol. The molecule has 1 aromatic heterocycles. The Balaban J connectivity index is 2.16. The van der Waals surface area contributed by atoms with Crippen molar-refractivity contribution in [3.8, 4) is 0 Å². The number of rotatable bonds is 3. The highest BCUT2D eigenvalue weighted by atomic mass is 35.5. The second-order valence-corrected chi connectivity index (χ2v) is 5.23. The fourth-order valence-electron chi connectivity index (χ4n) is 2.50. The van der Waals surface area contributed by atoms with Gasteiger partial charge in [0.05, 0.1) is 23.4 Å². The van der Waals surface area contributed by atoms with Crippen molar-refractivity contribution in [3.05, 3.63) is 64.9 Å². The van der Waals surface area contributed by atoms with Crippen LogP contribution in [0.1, 0.15) is 28.9 Å². The van der Waals surface area contributed by atoms with Crippen molar-refractivity contribution in [3.63, 3.8) is 0 Å². The molecule has 0 bridgehead atoms. The summed E-state index contributed by atoms with van der Waals surface area (Å²) < 4.78 is 1.93. The minimum absolute atomic E-state index is 0.0345. The number of halogens is 1. The number of aromatic nitrogens is 2. The zero-order valence-corrected chi connectivity index (χ0v) is 12.1. The fourth-order valence-corrected chi connectivity index (χ4v) is 2.80. The minimum atomic E-state index is -0.976. The van der Waals surface area contributed by atoms with Crippen LogP contribution in [-0.4, -0.2) is 20.6 Å². The fraction of sp³-hybridized carbons (Fsp3) is 0.125. The van der Waals surface area contributed by atoms with Crippen LogP contribution in [0.2, 0.25) is 5.02 Å². The lowest BCUT2D eigenvalue weighted by atomic mass is 10.1. The highest BCUT2D eigenvalue weighted by Crippen LogP contribution is 2.29. The molecule has 0 fully saturated rings. The largest absolute Gasteiger partial charge is 0.478 e. The van der Waals surface area contributed by atoms with Crippen molar-refractivity contribution in [1.82, 2.24) is 9.55 Å². The van der Waals surface area contributed by atoms with Gasteiger partial charge in [0, 0.05) is 5.02 Å². The van der Waals surface area contributed by atoms with Gasteiger partial charge in [-0.3, -0.25) is 0 Å². The Bertz CT molecular complexity index is 826. The van der Waals surface area contributed by atoms with Crippen LogP contribution in [0, 0.1) is 0 Å². The van der Waals surface area contributed by atoms with Gasteiger partial charge in [0.15, 0.2) is 0 Å². The molecule has 2 aromatic carbocycles. The van der Waals surface area contributed by atoms with Crippen LogP contribution in [-0.2, 0) is 0 Å². The molecular weight excluding hydrogens is 288 g/mol. The topological polar surface area (TPSA) is 55.1 Å². The van der Waals surface area contributed by atoms with Crippen LogP contribution in [0.15, 0.2) is 48.8 Å². The first-order valence-electron chi connectivity index (χ1n) is 6.53. The van der Waals surface area contributed by atoms with Crippen molar-refractivity contribution >= 4 is 28.6 Å². The molecule has 3 aromatic rings. The van der Waals surface area contributed by atoms with Gasteiger partial charge in [-0.15, -0.1) is 0 Å². The van der Waals surface area contributed by atoms with Crippen LogP contribution >= 0.6 is 11.6 Å². The average Bonchev–Trinajstić information content (AvgIpc) is 2.90. The molecule has 5 heteroatoms. The quantitative estimate of drug-likeness (QED) is 0.795. The van der Waals surface area contributed by atoms with Crippen LogP contribution in [0.25, 0.3) is 11.0 Å². The van der Waals surface area contributed by atoms with Gasteiger partial charge in [0.1, 0.15) is 5.52 Å². The zero-order chi connectivity index (χ0) is 15.0. The first-order valence-corrected chi connectivity index (χ1v) is 6.90. The number of nitrogens with zero attached hydrogens (tertiary/aromatic N) is 2. The van der Waals surface area contributed by atoms with Crippen LogP contribution < -0.4 is 0 Å². The summed E-state index contributed by atoms with van der Waals surface area (Å²) in [4.78, 5) is 15.5. The number of hydrogen-bond acceptors (Lipinski definition) is 2. The van der Waals surface area contributed by atoms with Gasteiger partial charge in [-0.05, 0) is 30.7 Å². The van der Waals surface area contributed by atoms with Crippen molar-refractivity contribution < 1.29 is 9.90 Å². The van der Waals surface area contributed by atoms with Crippen LogP contribution in [0.5, 0.6) is 0 Å². The molecule has 0 aliphatic heterocycles. The minimum Gasteiger partial charge on any atom is -0.478 e. The third-order valence-electron chi connectivity index (χ3n) is 3.61. The molecule has 0 radical (unpaired) electrons. The lowest BCUT2D eigenvalue weighted by Crippen LogP contribution is -2.06. The number of hydrogen-bond donors (Lipinski definition) is 1. The number of carboxylic acids is 1. The molecule has 1 heterocycles. The summed E-state index contributed by atoms with van der Waals surface area (Å²) in [6.07, 6.45) is 1.66. The van der Waals surface area contributed by atoms with Crippen molar-refractivity contribution in [1.29, 1.82) is 0 Å². The molecule has 106 valence electrons. The standard InChI is InChI=1S/C16H13ClN2O2/c1-10(11-5-2-3-7-13(11)17)19-9-18-15-12(16(20)21)6-4-8-14(15)19/h2-10H,1H3,(H,20,21). The van der Waals surface area contributed by atoms with Crippen molar-refractivity contribution in [2.45, 2.75) is 13.0 Å². The summed E-state index contributed by atoms with van der Waals surface area (Å²) in [5.41, 5.74) is 2.45. The van der Waals surface area contributed by atoms with Gasteiger partial charge in [0.2, 0.25) is 0 Å². The molecule has 4 nitrogen and oxygen atoms in total. The Labute approximate surface area is 126 Å². The van der Waals surface area contributed by atoms with E-state index in [1.54, 1.807) is 18.5 Å². The molecule has 1 atom stereocenters. The predicted octanol–water partition coefficient (Wildman–Crippen LogP) is 4.00. The first-order chi connectivity index (χ1) is 10.1. The molecule has 1 N–H and O–H groups in total. The summed E-state index contributed by atoms with van der Waals surface area (Å²) >= 11 is 6.24. The van der Waals surface area contributed by atoms with E-state index in [0.717, 1.165) is 11.1 Å². The van der Waals surface area contributed by atoms with Gasteiger partial charge in [-0.25, -0.2) is 9.78 Å². The highest BCUT2D eigenvalue weighted by Gasteiger charge is 2.17. The van der Waals surface area contributed by atoms with E-state index in [9.17, 15) is 9.90 Å². The predicted molar refractivity (Wildman–Crippen MR) is 82.0 cm³/mol. The maximum atomic E-state index is 11.2. The van der Waals surface area contributed by atoms with Gasteiger partial charge in [-0.1, -0.05) is 35.9 Å².